The summed E-state index contributed by atoms with van der Waals surface area (Å²) >= 11 is 0. The van der Waals surface area contributed by atoms with Crippen molar-refractivity contribution in [1.82, 2.24) is 5.32 Å². The van der Waals surface area contributed by atoms with E-state index in [0.29, 0.717) is 0 Å². The second kappa shape index (κ2) is 4.18. The second-order valence-corrected chi connectivity index (χ2v) is 4.41. The van der Waals surface area contributed by atoms with Crippen molar-refractivity contribution >= 4 is 11.7 Å². The summed E-state index contributed by atoms with van der Waals surface area (Å²) in [7, 11) is 1.61. The Morgan fingerprint density at radius 1 is 1.06 bits per heavy atom. The number of hydrogen-bond acceptors (Lipinski definition) is 1. The number of anilines is 1. The van der Waals surface area contributed by atoms with Gasteiger partial charge in [0.05, 0.1) is 0 Å². The van der Waals surface area contributed by atoms with Crippen molar-refractivity contribution in [3.8, 4) is 11.1 Å². The molecule has 0 saturated carbocycles. The first-order valence-electron chi connectivity index (χ1n) is 5.98. The summed E-state index contributed by atoms with van der Waals surface area (Å²) in [5.41, 5.74) is 6.03. The van der Waals surface area contributed by atoms with E-state index < -0.39 is 0 Å². The van der Waals surface area contributed by atoms with Crippen molar-refractivity contribution in [2.24, 2.45) is 0 Å². The highest BCUT2D eigenvalue weighted by Gasteiger charge is 2.17. The average molecular weight is 238 g/mol. The van der Waals surface area contributed by atoms with E-state index in [0.717, 1.165) is 12.1 Å². The Bertz CT molecular complexity index is 620. The Morgan fingerprint density at radius 3 is 2.67 bits per heavy atom. The van der Waals surface area contributed by atoms with Gasteiger partial charge in [-0.1, -0.05) is 30.3 Å². The summed E-state index contributed by atoms with van der Waals surface area (Å²) in [6, 6.07) is 14.3. The zero-order valence-corrected chi connectivity index (χ0v) is 10.2. The lowest BCUT2D eigenvalue weighted by molar-refractivity contribution is 0.254. The number of rotatable bonds is 1. The van der Waals surface area contributed by atoms with Crippen LogP contribution in [-0.4, -0.2) is 13.1 Å². The van der Waals surface area contributed by atoms with Crippen LogP contribution in [0, 0.1) is 0 Å². The fraction of sp³-hybridized carbons (Fsp3) is 0.133. The largest absolute Gasteiger partial charge is 0.341 e. The van der Waals surface area contributed by atoms with Gasteiger partial charge >= 0.3 is 6.03 Å². The molecule has 18 heavy (non-hydrogen) atoms. The lowest BCUT2D eigenvalue weighted by Crippen LogP contribution is -2.24. The molecule has 3 nitrogen and oxygen atoms in total. The predicted octanol–water partition coefficient (Wildman–Crippen LogP) is 3.01. The molecule has 3 rings (SSSR count). The number of carbonyl (C=O) groups excluding carboxylic acids is 1. The molecule has 2 aromatic carbocycles. The summed E-state index contributed by atoms with van der Waals surface area (Å²) in [6.07, 6.45) is 0.939. The zero-order chi connectivity index (χ0) is 12.5. The Balaban J connectivity index is 1.96. The van der Waals surface area contributed by atoms with E-state index in [1.165, 1.54) is 22.3 Å². The van der Waals surface area contributed by atoms with Gasteiger partial charge in [-0.25, -0.2) is 4.79 Å². The molecular formula is C15H14N2O. The average Bonchev–Trinajstić information content (AvgIpc) is 2.76. The van der Waals surface area contributed by atoms with Crippen LogP contribution in [0.1, 0.15) is 11.1 Å². The molecule has 0 radical (unpaired) electrons. The van der Waals surface area contributed by atoms with E-state index in [1.807, 2.05) is 12.1 Å². The smallest absolute Gasteiger partial charge is 0.318 e. The maximum absolute atomic E-state index is 11.3. The fourth-order valence-corrected chi connectivity index (χ4v) is 2.42. The van der Waals surface area contributed by atoms with E-state index in [-0.39, 0.29) is 6.03 Å². The topological polar surface area (TPSA) is 41.1 Å². The van der Waals surface area contributed by atoms with Crippen LogP contribution in [0.5, 0.6) is 0 Å². The van der Waals surface area contributed by atoms with Gasteiger partial charge in [-0.05, 0) is 40.8 Å². The molecule has 0 heterocycles. The lowest BCUT2D eigenvalue weighted by Gasteiger charge is -2.06. The number of carbonyl (C=O) groups is 1. The number of nitrogens with one attached hydrogen (secondary N) is 2. The molecule has 0 unspecified atom stereocenters. The molecule has 0 fully saturated rings. The third kappa shape index (κ3) is 1.74. The number of benzene rings is 2. The maximum atomic E-state index is 11.3. The highest BCUT2D eigenvalue weighted by atomic mass is 16.2. The minimum absolute atomic E-state index is 0.189. The molecule has 2 aromatic rings. The molecule has 0 spiro atoms. The first-order valence-corrected chi connectivity index (χ1v) is 5.98. The Kier molecular flexibility index (Phi) is 2.52. The maximum Gasteiger partial charge on any atom is 0.318 e. The quantitative estimate of drug-likeness (QED) is 0.672. The fourth-order valence-electron chi connectivity index (χ4n) is 2.42. The lowest BCUT2D eigenvalue weighted by atomic mass is 10.1. The molecule has 90 valence electrons. The van der Waals surface area contributed by atoms with Gasteiger partial charge in [-0.2, -0.15) is 0 Å². The molecule has 1 aliphatic rings. The monoisotopic (exact) mass is 238 g/mol. The number of urea groups is 1. The highest BCUT2D eigenvalue weighted by molar-refractivity contribution is 5.90. The van der Waals surface area contributed by atoms with Gasteiger partial charge in [0, 0.05) is 12.7 Å². The molecule has 0 bridgehead atoms. The standard InChI is InChI=1S/C15H14N2O/c1-16-15(18)17-12-6-7-14-11(9-12)8-10-4-2-3-5-13(10)14/h2-7,9H,8H2,1H3,(H2,16,17,18). The first-order chi connectivity index (χ1) is 8.78. The Hall–Kier alpha value is -2.29. The Morgan fingerprint density at radius 2 is 1.83 bits per heavy atom. The number of hydrogen-bond donors (Lipinski definition) is 2. The zero-order valence-electron chi connectivity index (χ0n) is 10.2. The van der Waals surface area contributed by atoms with Crippen LogP contribution in [0.2, 0.25) is 0 Å². The molecule has 3 heteroatoms. The minimum atomic E-state index is -0.189. The van der Waals surface area contributed by atoms with Crippen LogP contribution in [-0.2, 0) is 6.42 Å². The molecule has 0 aromatic heterocycles. The molecule has 0 saturated heterocycles. The van der Waals surface area contributed by atoms with E-state index in [4.69, 9.17) is 0 Å². The summed E-state index contributed by atoms with van der Waals surface area (Å²) in [5.74, 6) is 0. The van der Waals surface area contributed by atoms with E-state index >= 15 is 0 Å². The Labute approximate surface area is 106 Å². The molecule has 2 N–H and O–H groups in total. The summed E-state index contributed by atoms with van der Waals surface area (Å²) in [5, 5.41) is 5.35. The van der Waals surface area contributed by atoms with Gasteiger partial charge in [0.25, 0.3) is 0 Å². The van der Waals surface area contributed by atoms with Crippen LogP contribution < -0.4 is 10.6 Å². The molecule has 0 aliphatic heterocycles. The van der Waals surface area contributed by atoms with Crippen LogP contribution >= 0.6 is 0 Å². The van der Waals surface area contributed by atoms with Gasteiger partial charge < -0.3 is 10.6 Å². The van der Waals surface area contributed by atoms with Crippen molar-refractivity contribution in [3.63, 3.8) is 0 Å². The predicted molar refractivity (Wildman–Crippen MR) is 72.8 cm³/mol. The van der Waals surface area contributed by atoms with Crippen LogP contribution in [0.3, 0.4) is 0 Å². The van der Waals surface area contributed by atoms with Crippen molar-refractivity contribution in [3.05, 3.63) is 53.6 Å². The van der Waals surface area contributed by atoms with Crippen molar-refractivity contribution < 1.29 is 4.79 Å². The van der Waals surface area contributed by atoms with Gasteiger partial charge in [0.15, 0.2) is 0 Å². The molecule has 0 atom stereocenters. The normalized spacial score (nSPS) is 11.6. The summed E-state index contributed by atoms with van der Waals surface area (Å²) in [4.78, 5) is 11.3. The third-order valence-electron chi connectivity index (χ3n) is 3.28. The first kappa shape index (κ1) is 10.8. The summed E-state index contributed by atoms with van der Waals surface area (Å²) < 4.78 is 0. The van der Waals surface area contributed by atoms with Gasteiger partial charge in [0.1, 0.15) is 0 Å². The van der Waals surface area contributed by atoms with Gasteiger partial charge in [-0.3, -0.25) is 0 Å². The third-order valence-corrected chi connectivity index (χ3v) is 3.28. The number of amides is 2. The van der Waals surface area contributed by atoms with Crippen molar-refractivity contribution in [2.75, 3.05) is 12.4 Å². The van der Waals surface area contributed by atoms with Crippen LogP contribution in [0.4, 0.5) is 10.5 Å². The number of fused-ring (bicyclic) bond motifs is 3. The SMILES string of the molecule is CNC(=O)Nc1ccc2c(c1)Cc1ccccc1-2. The second-order valence-electron chi connectivity index (χ2n) is 4.41. The van der Waals surface area contributed by atoms with E-state index in [2.05, 4.69) is 41.0 Å². The minimum Gasteiger partial charge on any atom is -0.341 e. The molecule has 1 aliphatic carbocycles. The van der Waals surface area contributed by atoms with Gasteiger partial charge in [0.2, 0.25) is 0 Å². The van der Waals surface area contributed by atoms with Crippen LogP contribution in [0.15, 0.2) is 42.5 Å². The summed E-state index contributed by atoms with van der Waals surface area (Å²) in [6.45, 7) is 0. The van der Waals surface area contributed by atoms with Crippen molar-refractivity contribution in [2.45, 2.75) is 6.42 Å². The van der Waals surface area contributed by atoms with E-state index in [1.54, 1.807) is 7.05 Å². The molecular weight excluding hydrogens is 224 g/mol. The van der Waals surface area contributed by atoms with E-state index in [9.17, 15) is 4.79 Å². The van der Waals surface area contributed by atoms with Crippen LogP contribution in [0.25, 0.3) is 11.1 Å². The highest BCUT2D eigenvalue weighted by Crippen LogP contribution is 2.37. The van der Waals surface area contributed by atoms with Gasteiger partial charge in [-0.15, -0.1) is 0 Å². The van der Waals surface area contributed by atoms with Crippen molar-refractivity contribution in [1.29, 1.82) is 0 Å². The molecule has 2 amide bonds.